The highest BCUT2D eigenvalue weighted by molar-refractivity contribution is 9.10. The second-order valence-electron chi connectivity index (χ2n) is 6.85. The van der Waals surface area contributed by atoms with Gasteiger partial charge in [0.25, 0.3) is 0 Å². The lowest BCUT2D eigenvalue weighted by Crippen LogP contribution is -2.19. The molecule has 0 spiro atoms. The summed E-state index contributed by atoms with van der Waals surface area (Å²) in [4.78, 5) is 0. The Bertz CT molecular complexity index is 425. The standard InChI is InChI=1S/C16H25BrO2/c1-15(2,3)10-9-11(16(4,5)6)14(19-8)12(17)13(10)18-7/h9H,1-8H3. The SMILES string of the molecule is COc1c(C(C)(C)C)cc(C(C)(C)C)c(OC)c1Br. The Labute approximate surface area is 125 Å². The number of ether oxygens (including phenoxy) is 2. The fourth-order valence-corrected chi connectivity index (χ4v) is 2.88. The number of benzene rings is 1. The van der Waals surface area contributed by atoms with E-state index in [1.54, 1.807) is 14.2 Å². The minimum atomic E-state index is 0.0140. The van der Waals surface area contributed by atoms with Gasteiger partial charge in [0.1, 0.15) is 16.0 Å². The van der Waals surface area contributed by atoms with Crippen molar-refractivity contribution >= 4 is 15.9 Å². The molecule has 0 amide bonds. The fraction of sp³-hybridized carbons (Fsp3) is 0.625. The molecule has 0 aliphatic rings. The quantitative estimate of drug-likeness (QED) is 0.755. The number of rotatable bonds is 2. The molecule has 108 valence electrons. The molecule has 0 atom stereocenters. The van der Waals surface area contributed by atoms with Crippen molar-refractivity contribution in [1.82, 2.24) is 0 Å². The first-order valence-corrected chi connectivity index (χ1v) is 7.28. The van der Waals surface area contributed by atoms with Crippen LogP contribution < -0.4 is 9.47 Å². The predicted octanol–water partition coefficient (Wildman–Crippen LogP) is 5.06. The van der Waals surface area contributed by atoms with E-state index in [-0.39, 0.29) is 10.8 Å². The molecule has 0 saturated heterocycles. The van der Waals surface area contributed by atoms with Gasteiger partial charge in [0.15, 0.2) is 0 Å². The third-order valence-electron chi connectivity index (χ3n) is 3.20. The third-order valence-corrected chi connectivity index (χ3v) is 3.92. The molecule has 0 fully saturated rings. The Morgan fingerprint density at radius 3 is 1.32 bits per heavy atom. The van der Waals surface area contributed by atoms with Crippen molar-refractivity contribution in [3.63, 3.8) is 0 Å². The summed E-state index contributed by atoms with van der Waals surface area (Å²) in [6.45, 7) is 13.1. The number of hydrogen-bond donors (Lipinski definition) is 0. The second kappa shape index (κ2) is 5.35. The maximum Gasteiger partial charge on any atom is 0.140 e. The highest BCUT2D eigenvalue weighted by Gasteiger charge is 2.29. The van der Waals surface area contributed by atoms with Crippen molar-refractivity contribution in [2.45, 2.75) is 52.4 Å². The molecule has 0 aliphatic carbocycles. The summed E-state index contributed by atoms with van der Waals surface area (Å²) in [5.41, 5.74) is 2.40. The van der Waals surface area contributed by atoms with Crippen molar-refractivity contribution in [3.05, 3.63) is 21.7 Å². The van der Waals surface area contributed by atoms with Crippen LogP contribution in [0, 0.1) is 0 Å². The first kappa shape index (κ1) is 16.4. The van der Waals surface area contributed by atoms with E-state index in [0.29, 0.717) is 0 Å². The van der Waals surface area contributed by atoms with Crippen molar-refractivity contribution in [2.24, 2.45) is 0 Å². The minimum Gasteiger partial charge on any atom is -0.495 e. The first-order chi connectivity index (χ1) is 8.54. The van der Waals surface area contributed by atoms with Gasteiger partial charge in [0, 0.05) is 11.1 Å². The van der Waals surface area contributed by atoms with Gasteiger partial charge < -0.3 is 9.47 Å². The molecule has 0 saturated carbocycles. The lowest BCUT2D eigenvalue weighted by molar-refractivity contribution is 0.369. The van der Waals surface area contributed by atoms with Gasteiger partial charge in [0.2, 0.25) is 0 Å². The second-order valence-corrected chi connectivity index (χ2v) is 7.65. The molecule has 0 N–H and O–H groups in total. The minimum absolute atomic E-state index is 0.0140. The molecule has 1 aromatic carbocycles. The lowest BCUT2D eigenvalue weighted by Gasteiger charge is -2.29. The van der Waals surface area contributed by atoms with Gasteiger partial charge in [0.05, 0.1) is 14.2 Å². The average molecular weight is 329 g/mol. The highest BCUT2D eigenvalue weighted by Crippen LogP contribution is 2.47. The molecule has 19 heavy (non-hydrogen) atoms. The Morgan fingerprint density at radius 1 is 0.789 bits per heavy atom. The monoisotopic (exact) mass is 328 g/mol. The fourth-order valence-electron chi connectivity index (χ4n) is 2.13. The van der Waals surface area contributed by atoms with Gasteiger partial charge in [-0.05, 0) is 32.8 Å². The predicted molar refractivity (Wildman–Crippen MR) is 84.6 cm³/mol. The van der Waals surface area contributed by atoms with Gasteiger partial charge in [-0.25, -0.2) is 0 Å². The zero-order chi connectivity index (χ0) is 15.0. The van der Waals surface area contributed by atoms with Crippen LogP contribution in [0.4, 0.5) is 0 Å². The van der Waals surface area contributed by atoms with Gasteiger partial charge in [-0.3, -0.25) is 0 Å². The summed E-state index contributed by atoms with van der Waals surface area (Å²) in [7, 11) is 3.40. The zero-order valence-corrected chi connectivity index (χ0v) is 14.9. The summed E-state index contributed by atoms with van der Waals surface area (Å²) in [6.07, 6.45) is 0. The molecule has 3 heteroatoms. The molecule has 0 aliphatic heterocycles. The first-order valence-electron chi connectivity index (χ1n) is 6.49. The maximum absolute atomic E-state index is 5.59. The molecular formula is C16H25BrO2. The molecule has 0 heterocycles. The van der Waals surface area contributed by atoms with Crippen molar-refractivity contribution in [1.29, 1.82) is 0 Å². The largest absolute Gasteiger partial charge is 0.495 e. The van der Waals surface area contributed by atoms with Crippen molar-refractivity contribution in [3.8, 4) is 11.5 Å². The molecular weight excluding hydrogens is 304 g/mol. The summed E-state index contributed by atoms with van der Waals surface area (Å²) in [5, 5.41) is 0. The van der Waals surface area contributed by atoms with Crippen LogP contribution in [0.25, 0.3) is 0 Å². The zero-order valence-electron chi connectivity index (χ0n) is 13.3. The highest BCUT2D eigenvalue weighted by atomic mass is 79.9. The number of methoxy groups -OCH3 is 2. The lowest BCUT2D eigenvalue weighted by atomic mass is 9.79. The smallest absolute Gasteiger partial charge is 0.140 e. The van der Waals surface area contributed by atoms with E-state index in [9.17, 15) is 0 Å². The maximum atomic E-state index is 5.59. The van der Waals surface area contributed by atoms with E-state index in [1.165, 1.54) is 11.1 Å². The Hall–Kier alpha value is -0.700. The number of halogens is 1. The van der Waals surface area contributed by atoms with Crippen LogP contribution in [0.1, 0.15) is 52.7 Å². The van der Waals surface area contributed by atoms with Gasteiger partial charge in [-0.15, -0.1) is 0 Å². The Balaban J connectivity index is 3.73. The van der Waals surface area contributed by atoms with Crippen LogP contribution in [0.5, 0.6) is 11.5 Å². The summed E-state index contributed by atoms with van der Waals surface area (Å²) in [6, 6.07) is 2.21. The molecule has 0 bridgehead atoms. The van der Waals surface area contributed by atoms with Crippen LogP contribution >= 0.6 is 15.9 Å². The third kappa shape index (κ3) is 3.25. The average Bonchev–Trinajstić information content (AvgIpc) is 2.24. The molecule has 2 nitrogen and oxygen atoms in total. The normalized spacial score (nSPS) is 12.5. The molecule has 1 aromatic rings. The summed E-state index contributed by atoms with van der Waals surface area (Å²) in [5.74, 6) is 1.72. The van der Waals surface area contributed by atoms with E-state index >= 15 is 0 Å². The molecule has 0 radical (unpaired) electrons. The van der Waals surface area contributed by atoms with Crippen molar-refractivity contribution in [2.75, 3.05) is 14.2 Å². The van der Waals surface area contributed by atoms with Crippen LogP contribution in [0.3, 0.4) is 0 Å². The van der Waals surface area contributed by atoms with E-state index in [1.807, 2.05) is 0 Å². The van der Waals surface area contributed by atoms with Gasteiger partial charge >= 0.3 is 0 Å². The molecule has 0 aromatic heterocycles. The van der Waals surface area contributed by atoms with Crippen molar-refractivity contribution < 1.29 is 9.47 Å². The Kier molecular flexibility index (Phi) is 4.61. The van der Waals surface area contributed by atoms with Gasteiger partial charge in [-0.1, -0.05) is 41.5 Å². The summed E-state index contributed by atoms with van der Waals surface area (Å²) >= 11 is 3.64. The molecule has 0 unspecified atom stereocenters. The molecule has 1 rings (SSSR count). The number of hydrogen-bond acceptors (Lipinski definition) is 2. The summed E-state index contributed by atoms with van der Waals surface area (Å²) < 4.78 is 12.1. The van der Waals surface area contributed by atoms with E-state index < -0.39 is 0 Å². The topological polar surface area (TPSA) is 18.5 Å². The van der Waals surface area contributed by atoms with Crippen LogP contribution in [0.15, 0.2) is 10.5 Å². The van der Waals surface area contributed by atoms with E-state index in [4.69, 9.17) is 9.47 Å². The van der Waals surface area contributed by atoms with E-state index in [0.717, 1.165) is 16.0 Å². The Morgan fingerprint density at radius 2 is 1.11 bits per heavy atom. The van der Waals surface area contributed by atoms with Gasteiger partial charge in [-0.2, -0.15) is 0 Å². The van der Waals surface area contributed by atoms with E-state index in [2.05, 4.69) is 63.5 Å². The van der Waals surface area contributed by atoms with Crippen LogP contribution in [-0.4, -0.2) is 14.2 Å². The van der Waals surface area contributed by atoms with Crippen LogP contribution in [0.2, 0.25) is 0 Å². The van der Waals surface area contributed by atoms with Crippen LogP contribution in [-0.2, 0) is 10.8 Å².